The Labute approximate surface area is 198 Å². The van der Waals surface area contributed by atoms with Crippen molar-refractivity contribution in [1.82, 2.24) is 5.43 Å². The van der Waals surface area contributed by atoms with Gasteiger partial charge in [-0.2, -0.15) is 5.10 Å². The molecule has 0 radical (unpaired) electrons. The lowest BCUT2D eigenvalue weighted by Gasteiger charge is -2.14. The van der Waals surface area contributed by atoms with Crippen molar-refractivity contribution in [2.24, 2.45) is 5.10 Å². The summed E-state index contributed by atoms with van der Waals surface area (Å²) in [7, 11) is 0. The van der Waals surface area contributed by atoms with E-state index in [1.54, 1.807) is 24.3 Å². The number of carbonyl (C=O) groups is 1. The topological polar surface area (TPSA) is 59.9 Å². The number of ether oxygens (including phenoxy) is 2. The minimum Gasteiger partial charge on any atom is -0.490 e. The van der Waals surface area contributed by atoms with Gasteiger partial charge in [-0.1, -0.05) is 47.5 Å². The van der Waals surface area contributed by atoms with Gasteiger partial charge >= 0.3 is 0 Å². The number of hydrogen-bond acceptors (Lipinski definition) is 4. The number of hydrazone groups is 1. The van der Waals surface area contributed by atoms with Gasteiger partial charge < -0.3 is 9.47 Å². The zero-order valence-corrected chi connectivity index (χ0v) is 19.6. The Morgan fingerprint density at radius 3 is 2.55 bits per heavy atom. The fourth-order valence-corrected chi connectivity index (χ4v) is 3.51. The number of halogens is 2. The van der Waals surface area contributed by atoms with E-state index in [0.29, 0.717) is 28.7 Å². The summed E-state index contributed by atoms with van der Waals surface area (Å²) in [6, 6.07) is 15.4. The standard InChI is InChI=1S/C26H26ClFN2O3/c1-4-32-24-13-20(12-23(27)26(24)33-16-19-6-9-22(28)10-7-19)15-29-30-25(31)14-21-8-5-17(2)11-18(21)3/h5-13,15H,4,14,16H2,1-3H3,(H,30,31)/b29-15+. The van der Waals surface area contributed by atoms with Gasteiger partial charge in [0.25, 0.3) is 0 Å². The summed E-state index contributed by atoms with van der Waals surface area (Å²) in [6.07, 6.45) is 1.74. The van der Waals surface area contributed by atoms with E-state index in [1.807, 2.05) is 39.0 Å². The molecule has 0 bridgehead atoms. The lowest BCUT2D eigenvalue weighted by molar-refractivity contribution is -0.120. The summed E-state index contributed by atoms with van der Waals surface area (Å²) in [5.74, 6) is 0.319. The van der Waals surface area contributed by atoms with E-state index in [2.05, 4.69) is 10.5 Å². The van der Waals surface area contributed by atoms with Gasteiger partial charge in [-0.25, -0.2) is 9.82 Å². The molecule has 0 saturated carbocycles. The summed E-state index contributed by atoms with van der Waals surface area (Å²) in [5, 5.41) is 4.38. The van der Waals surface area contributed by atoms with Crippen molar-refractivity contribution in [3.8, 4) is 11.5 Å². The first-order valence-electron chi connectivity index (χ1n) is 10.6. The van der Waals surface area contributed by atoms with Crippen molar-refractivity contribution in [1.29, 1.82) is 0 Å². The maximum absolute atomic E-state index is 13.1. The fraction of sp³-hybridized carbons (Fsp3) is 0.231. The van der Waals surface area contributed by atoms with Crippen LogP contribution < -0.4 is 14.9 Å². The summed E-state index contributed by atoms with van der Waals surface area (Å²) in [6.45, 7) is 6.47. The largest absolute Gasteiger partial charge is 0.490 e. The second-order valence-electron chi connectivity index (χ2n) is 7.58. The molecule has 33 heavy (non-hydrogen) atoms. The van der Waals surface area contributed by atoms with Crippen LogP contribution in [-0.4, -0.2) is 18.7 Å². The number of aryl methyl sites for hydroxylation is 2. The molecular weight excluding hydrogens is 443 g/mol. The van der Waals surface area contributed by atoms with E-state index in [1.165, 1.54) is 18.3 Å². The van der Waals surface area contributed by atoms with E-state index in [0.717, 1.165) is 22.3 Å². The quantitative estimate of drug-likeness (QED) is 0.320. The van der Waals surface area contributed by atoms with Crippen LogP contribution in [0, 0.1) is 19.7 Å². The minimum atomic E-state index is -0.309. The van der Waals surface area contributed by atoms with Crippen molar-refractivity contribution < 1.29 is 18.7 Å². The summed E-state index contributed by atoms with van der Waals surface area (Å²) < 4.78 is 24.6. The average Bonchev–Trinajstić information content (AvgIpc) is 2.76. The van der Waals surface area contributed by atoms with Gasteiger partial charge in [-0.15, -0.1) is 0 Å². The SMILES string of the molecule is CCOc1cc(/C=N/NC(=O)Cc2ccc(C)cc2C)cc(Cl)c1OCc1ccc(F)cc1. The van der Waals surface area contributed by atoms with Crippen LogP contribution in [0.2, 0.25) is 5.02 Å². The molecule has 0 atom stereocenters. The molecule has 1 amide bonds. The Morgan fingerprint density at radius 1 is 1.09 bits per heavy atom. The highest BCUT2D eigenvalue weighted by Crippen LogP contribution is 2.37. The molecule has 3 aromatic rings. The van der Waals surface area contributed by atoms with Crippen molar-refractivity contribution in [2.75, 3.05) is 6.61 Å². The van der Waals surface area contributed by atoms with Gasteiger partial charge in [0.2, 0.25) is 5.91 Å². The minimum absolute atomic E-state index is 0.210. The smallest absolute Gasteiger partial charge is 0.244 e. The molecular formula is C26H26ClFN2O3. The third-order valence-corrected chi connectivity index (χ3v) is 5.16. The number of hydrogen-bond donors (Lipinski definition) is 1. The summed E-state index contributed by atoms with van der Waals surface area (Å²) >= 11 is 6.43. The molecule has 0 unspecified atom stereocenters. The van der Waals surface area contributed by atoms with Crippen LogP contribution in [0.15, 0.2) is 59.7 Å². The number of carbonyl (C=O) groups excluding carboxylic acids is 1. The molecule has 3 rings (SSSR count). The second kappa shape index (κ2) is 11.5. The van der Waals surface area contributed by atoms with Gasteiger partial charge in [-0.05, 0) is 67.3 Å². The van der Waals surface area contributed by atoms with Crippen LogP contribution in [0.1, 0.15) is 34.7 Å². The lowest BCUT2D eigenvalue weighted by Crippen LogP contribution is -2.20. The summed E-state index contributed by atoms with van der Waals surface area (Å²) in [4.78, 5) is 12.3. The van der Waals surface area contributed by atoms with Crippen molar-refractivity contribution >= 4 is 23.7 Å². The average molecular weight is 469 g/mol. The van der Waals surface area contributed by atoms with Gasteiger partial charge in [0, 0.05) is 0 Å². The van der Waals surface area contributed by atoms with Crippen LogP contribution in [0.25, 0.3) is 0 Å². The van der Waals surface area contributed by atoms with Crippen LogP contribution in [-0.2, 0) is 17.8 Å². The van der Waals surface area contributed by atoms with Crippen LogP contribution >= 0.6 is 11.6 Å². The fourth-order valence-electron chi connectivity index (χ4n) is 3.24. The van der Waals surface area contributed by atoms with E-state index >= 15 is 0 Å². The molecule has 7 heteroatoms. The van der Waals surface area contributed by atoms with Crippen LogP contribution in [0.3, 0.4) is 0 Å². The normalized spacial score (nSPS) is 10.9. The Hall–Kier alpha value is -3.38. The first-order chi connectivity index (χ1) is 15.9. The number of amides is 1. The third-order valence-electron chi connectivity index (χ3n) is 4.88. The van der Waals surface area contributed by atoms with E-state index in [-0.39, 0.29) is 24.8 Å². The first-order valence-corrected chi connectivity index (χ1v) is 10.9. The number of nitrogens with zero attached hydrogens (tertiary/aromatic N) is 1. The number of rotatable bonds is 9. The molecule has 0 aromatic heterocycles. The maximum atomic E-state index is 13.1. The van der Waals surface area contributed by atoms with Gasteiger partial charge in [0.05, 0.1) is 24.3 Å². The predicted molar refractivity (Wildman–Crippen MR) is 129 cm³/mol. The summed E-state index contributed by atoms with van der Waals surface area (Å²) in [5.41, 5.74) is 7.16. The Balaban J connectivity index is 1.66. The molecule has 0 spiro atoms. The van der Waals surface area contributed by atoms with Gasteiger partial charge in [0.1, 0.15) is 12.4 Å². The van der Waals surface area contributed by atoms with Crippen LogP contribution in [0.5, 0.6) is 11.5 Å². The monoisotopic (exact) mass is 468 g/mol. The Morgan fingerprint density at radius 2 is 1.85 bits per heavy atom. The molecule has 1 N–H and O–H groups in total. The van der Waals surface area contributed by atoms with Crippen molar-refractivity contribution in [2.45, 2.75) is 33.8 Å². The zero-order valence-electron chi connectivity index (χ0n) is 18.8. The molecule has 0 aliphatic rings. The Bertz CT molecular complexity index is 1150. The number of benzene rings is 3. The number of nitrogens with one attached hydrogen (secondary N) is 1. The van der Waals surface area contributed by atoms with E-state index in [9.17, 15) is 9.18 Å². The van der Waals surface area contributed by atoms with E-state index in [4.69, 9.17) is 21.1 Å². The highest BCUT2D eigenvalue weighted by atomic mass is 35.5. The maximum Gasteiger partial charge on any atom is 0.244 e. The van der Waals surface area contributed by atoms with Gasteiger partial charge in [-0.3, -0.25) is 4.79 Å². The second-order valence-corrected chi connectivity index (χ2v) is 7.99. The molecule has 0 fully saturated rings. The lowest BCUT2D eigenvalue weighted by atomic mass is 10.0. The predicted octanol–water partition coefficient (Wildman–Crippen LogP) is 5.77. The Kier molecular flexibility index (Phi) is 8.44. The van der Waals surface area contributed by atoms with Crippen molar-refractivity contribution in [3.05, 3.63) is 93.3 Å². The molecule has 5 nitrogen and oxygen atoms in total. The molecule has 0 heterocycles. The van der Waals surface area contributed by atoms with Crippen LogP contribution in [0.4, 0.5) is 4.39 Å². The zero-order chi connectivity index (χ0) is 23.8. The highest BCUT2D eigenvalue weighted by Gasteiger charge is 2.13. The molecule has 172 valence electrons. The van der Waals surface area contributed by atoms with Crippen molar-refractivity contribution in [3.63, 3.8) is 0 Å². The molecule has 3 aromatic carbocycles. The third kappa shape index (κ3) is 7.05. The molecule has 0 aliphatic carbocycles. The molecule has 0 aliphatic heterocycles. The first kappa shape index (κ1) is 24.3. The molecule has 0 saturated heterocycles. The highest BCUT2D eigenvalue weighted by molar-refractivity contribution is 6.32. The van der Waals surface area contributed by atoms with E-state index < -0.39 is 0 Å². The van der Waals surface area contributed by atoms with Gasteiger partial charge in [0.15, 0.2) is 11.5 Å².